The molecule has 0 saturated heterocycles. The maximum Gasteiger partial charge on any atom is 0.212 e. The lowest BCUT2D eigenvalue weighted by molar-refractivity contribution is -0.484. The van der Waals surface area contributed by atoms with Gasteiger partial charge >= 0.3 is 0 Å². The van der Waals surface area contributed by atoms with E-state index in [1.54, 1.807) is 66.7 Å². The minimum atomic E-state index is -1.86. The summed E-state index contributed by atoms with van der Waals surface area (Å²) in [6.07, 6.45) is 0. The number of rotatable bonds is 8. The molecule has 0 fully saturated rings. The van der Waals surface area contributed by atoms with Gasteiger partial charge in [0.2, 0.25) is 6.54 Å². The first kappa shape index (κ1) is 23.0. The smallest absolute Gasteiger partial charge is 0.212 e. The Hall–Kier alpha value is -4.20. The zero-order valence-electron chi connectivity index (χ0n) is 18.9. The molecular formula is C26H23NO7. The van der Waals surface area contributed by atoms with Crippen LogP contribution in [0.25, 0.3) is 0 Å². The van der Waals surface area contributed by atoms with Crippen molar-refractivity contribution < 1.29 is 28.7 Å². The number of nitrogens with zero attached hydrogens (tertiary/aromatic N) is 1. The van der Waals surface area contributed by atoms with Crippen LogP contribution in [-0.4, -0.2) is 44.4 Å². The fourth-order valence-corrected chi connectivity index (χ4v) is 4.75. The molecule has 1 aliphatic carbocycles. The van der Waals surface area contributed by atoms with E-state index in [-0.39, 0.29) is 11.1 Å². The van der Waals surface area contributed by atoms with Gasteiger partial charge in [0.25, 0.3) is 0 Å². The third-order valence-corrected chi connectivity index (χ3v) is 6.34. The van der Waals surface area contributed by atoms with Crippen LogP contribution in [0.2, 0.25) is 0 Å². The zero-order valence-corrected chi connectivity index (χ0v) is 18.9. The van der Waals surface area contributed by atoms with E-state index >= 15 is 0 Å². The van der Waals surface area contributed by atoms with Gasteiger partial charge in [0.1, 0.15) is 11.2 Å². The van der Waals surface area contributed by atoms with Gasteiger partial charge in [-0.1, -0.05) is 42.5 Å². The second kappa shape index (κ2) is 8.97. The standard InChI is InChI=1S/C26H23NO7/c1-32-18-11-8-16(9-12-18)21(15-27(30)31)26(17-10-13-22(33-2)23(14-17)34-3)24(28)19-6-4-5-7-20(19)25(26)29/h4-14,21H,15H2,1-3H3/t21-/m1/s1. The monoisotopic (exact) mass is 461 g/mol. The summed E-state index contributed by atoms with van der Waals surface area (Å²) < 4.78 is 16.0. The average Bonchev–Trinajstić information content (AvgIpc) is 3.09. The number of ether oxygens (including phenoxy) is 3. The second-order valence-electron chi connectivity index (χ2n) is 7.92. The molecule has 0 aromatic heterocycles. The van der Waals surface area contributed by atoms with Gasteiger partial charge in [-0.15, -0.1) is 0 Å². The van der Waals surface area contributed by atoms with Gasteiger partial charge in [0.15, 0.2) is 23.1 Å². The molecule has 0 saturated carbocycles. The van der Waals surface area contributed by atoms with Crippen LogP contribution in [0.15, 0.2) is 66.7 Å². The number of hydrogen-bond donors (Lipinski definition) is 0. The Labute approximate surface area is 196 Å². The fraction of sp³-hybridized carbons (Fsp3) is 0.231. The first-order valence-electron chi connectivity index (χ1n) is 10.5. The minimum Gasteiger partial charge on any atom is -0.497 e. The van der Waals surface area contributed by atoms with Crippen LogP contribution in [0.1, 0.15) is 37.8 Å². The molecule has 0 amide bonds. The number of methoxy groups -OCH3 is 3. The summed E-state index contributed by atoms with van der Waals surface area (Å²) in [6.45, 7) is -0.633. The fourth-order valence-electron chi connectivity index (χ4n) is 4.75. The first-order chi connectivity index (χ1) is 16.4. The highest BCUT2D eigenvalue weighted by Gasteiger charge is 2.60. The van der Waals surface area contributed by atoms with Crippen LogP contribution in [0, 0.1) is 10.1 Å². The van der Waals surface area contributed by atoms with Crippen LogP contribution in [0.3, 0.4) is 0 Å². The van der Waals surface area contributed by atoms with E-state index in [1.807, 2.05) is 0 Å². The lowest BCUT2D eigenvalue weighted by Gasteiger charge is -2.33. The Morgan fingerprint density at radius 1 is 0.824 bits per heavy atom. The molecule has 1 atom stereocenters. The molecule has 34 heavy (non-hydrogen) atoms. The average molecular weight is 461 g/mol. The van der Waals surface area contributed by atoms with Gasteiger partial charge in [-0.3, -0.25) is 19.7 Å². The number of carbonyl (C=O) groups excluding carboxylic acids is 2. The molecule has 8 nitrogen and oxygen atoms in total. The normalized spacial score (nSPS) is 14.9. The van der Waals surface area contributed by atoms with E-state index < -0.39 is 34.4 Å². The molecule has 0 aliphatic heterocycles. The van der Waals surface area contributed by atoms with Gasteiger partial charge in [-0.05, 0) is 35.4 Å². The highest BCUT2D eigenvalue weighted by molar-refractivity contribution is 6.33. The first-order valence-corrected chi connectivity index (χ1v) is 10.5. The summed E-state index contributed by atoms with van der Waals surface area (Å²) in [7, 11) is 4.43. The summed E-state index contributed by atoms with van der Waals surface area (Å²) in [5.41, 5.74) is -0.598. The molecule has 0 radical (unpaired) electrons. The van der Waals surface area contributed by atoms with Gasteiger partial charge < -0.3 is 14.2 Å². The number of carbonyl (C=O) groups is 2. The van der Waals surface area contributed by atoms with Crippen LogP contribution >= 0.6 is 0 Å². The second-order valence-corrected chi connectivity index (χ2v) is 7.92. The molecule has 3 aromatic carbocycles. The Kier molecular flexibility index (Phi) is 6.06. The third kappa shape index (κ3) is 3.48. The van der Waals surface area contributed by atoms with Gasteiger partial charge in [0, 0.05) is 16.1 Å². The summed E-state index contributed by atoms with van der Waals surface area (Å²) >= 11 is 0. The summed E-state index contributed by atoms with van der Waals surface area (Å²) in [5.74, 6) is -0.779. The SMILES string of the molecule is COc1ccc([C@@H](C[N+](=O)[O-])C2(c3ccc(OC)c(OC)c3)C(=O)c3ccccc3C2=O)cc1. The highest BCUT2D eigenvalue weighted by Crippen LogP contribution is 2.50. The summed E-state index contributed by atoms with van der Waals surface area (Å²) in [4.78, 5) is 39.5. The molecular weight excluding hydrogens is 438 g/mol. The van der Waals surface area contributed by atoms with Crippen LogP contribution in [0.4, 0.5) is 0 Å². The number of Topliss-reactive ketones (excluding diaryl/α,β-unsaturated/α-hetero) is 2. The van der Waals surface area contributed by atoms with E-state index in [2.05, 4.69) is 0 Å². The maximum absolute atomic E-state index is 14.1. The molecule has 1 aliphatic rings. The molecule has 0 spiro atoms. The topological polar surface area (TPSA) is 105 Å². The lowest BCUT2D eigenvalue weighted by Crippen LogP contribution is -2.46. The predicted octanol–water partition coefficient (Wildman–Crippen LogP) is 4.09. The molecule has 0 unspecified atom stereocenters. The van der Waals surface area contributed by atoms with Crippen molar-refractivity contribution in [1.82, 2.24) is 0 Å². The number of nitro groups is 1. The molecule has 0 N–H and O–H groups in total. The number of fused-ring (bicyclic) bond motifs is 1. The maximum atomic E-state index is 14.1. The molecule has 174 valence electrons. The van der Waals surface area contributed by atoms with E-state index in [1.165, 1.54) is 21.3 Å². The van der Waals surface area contributed by atoms with E-state index in [0.29, 0.717) is 28.4 Å². The van der Waals surface area contributed by atoms with Crippen molar-refractivity contribution in [2.45, 2.75) is 11.3 Å². The molecule has 3 aromatic rings. The Bertz CT molecular complexity index is 1230. The summed E-state index contributed by atoms with van der Waals surface area (Å²) in [5, 5.41) is 11.9. The molecule has 4 rings (SSSR count). The van der Waals surface area contributed by atoms with Crippen molar-refractivity contribution in [3.63, 3.8) is 0 Å². The van der Waals surface area contributed by atoms with E-state index in [4.69, 9.17) is 14.2 Å². The van der Waals surface area contributed by atoms with Crippen LogP contribution in [-0.2, 0) is 5.41 Å². The van der Waals surface area contributed by atoms with E-state index in [0.717, 1.165) is 0 Å². The lowest BCUT2D eigenvalue weighted by atomic mass is 9.64. The molecule has 8 heteroatoms. The van der Waals surface area contributed by atoms with Crippen molar-refractivity contribution in [3.05, 3.63) is 99.1 Å². The Morgan fingerprint density at radius 2 is 1.41 bits per heavy atom. The predicted molar refractivity (Wildman–Crippen MR) is 124 cm³/mol. The minimum absolute atomic E-state index is 0.240. The van der Waals surface area contributed by atoms with Crippen LogP contribution < -0.4 is 14.2 Å². The third-order valence-electron chi connectivity index (χ3n) is 6.34. The largest absolute Gasteiger partial charge is 0.497 e. The van der Waals surface area contributed by atoms with Gasteiger partial charge in [-0.25, -0.2) is 0 Å². The molecule has 0 heterocycles. The van der Waals surface area contributed by atoms with Gasteiger partial charge in [-0.2, -0.15) is 0 Å². The van der Waals surface area contributed by atoms with Crippen molar-refractivity contribution in [2.24, 2.45) is 0 Å². The van der Waals surface area contributed by atoms with Gasteiger partial charge in [0.05, 0.1) is 27.2 Å². The van der Waals surface area contributed by atoms with Crippen LogP contribution in [0.5, 0.6) is 17.2 Å². The number of hydrogen-bond acceptors (Lipinski definition) is 7. The quantitative estimate of drug-likeness (QED) is 0.283. The van der Waals surface area contributed by atoms with Crippen molar-refractivity contribution in [3.8, 4) is 17.2 Å². The van der Waals surface area contributed by atoms with E-state index in [9.17, 15) is 19.7 Å². The zero-order chi connectivity index (χ0) is 24.5. The Morgan fingerprint density at radius 3 is 1.91 bits per heavy atom. The number of benzene rings is 3. The summed E-state index contributed by atoms with van der Waals surface area (Å²) in [6, 6.07) is 17.9. The van der Waals surface area contributed by atoms with Crippen molar-refractivity contribution >= 4 is 11.6 Å². The Balaban J connectivity index is 2.04. The molecule has 0 bridgehead atoms. The van der Waals surface area contributed by atoms with Crippen molar-refractivity contribution in [2.75, 3.05) is 27.9 Å². The van der Waals surface area contributed by atoms with Crippen molar-refractivity contribution in [1.29, 1.82) is 0 Å². The highest BCUT2D eigenvalue weighted by atomic mass is 16.6. The number of ketones is 2.